The maximum absolute atomic E-state index is 11.8. The highest BCUT2D eigenvalue weighted by Crippen LogP contribution is 2.20. The van der Waals surface area contributed by atoms with Crippen molar-refractivity contribution in [2.24, 2.45) is 5.92 Å². The van der Waals surface area contributed by atoms with E-state index in [1.54, 1.807) is 6.07 Å². The van der Waals surface area contributed by atoms with Crippen LogP contribution in [0.25, 0.3) is 0 Å². The van der Waals surface area contributed by atoms with Gasteiger partial charge in [-0.2, -0.15) is 0 Å². The second-order valence-electron chi connectivity index (χ2n) is 3.90. The molecular formula is C11H15N3O2. The summed E-state index contributed by atoms with van der Waals surface area (Å²) in [6, 6.07) is 3.12. The van der Waals surface area contributed by atoms with Crippen LogP contribution in [0.4, 0.5) is 5.82 Å². The topological polar surface area (TPSA) is 74.2 Å². The molecule has 1 aliphatic rings. The highest BCUT2D eigenvalue weighted by molar-refractivity contribution is 5.93. The first-order valence-corrected chi connectivity index (χ1v) is 5.43. The number of rotatable bonds is 2. The van der Waals surface area contributed by atoms with Crippen LogP contribution in [-0.4, -0.2) is 29.1 Å². The summed E-state index contributed by atoms with van der Waals surface area (Å²) in [6.07, 6.45) is 3.42. The summed E-state index contributed by atoms with van der Waals surface area (Å²) < 4.78 is 0. The smallest absolute Gasteiger partial charge is 0.230 e. The Kier molecular flexibility index (Phi) is 3.36. The Hall–Kier alpha value is -1.62. The van der Waals surface area contributed by atoms with E-state index in [1.807, 2.05) is 0 Å². The van der Waals surface area contributed by atoms with Gasteiger partial charge in [0.15, 0.2) is 11.6 Å². The van der Waals surface area contributed by atoms with Crippen LogP contribution in [0.1, 0.15) is 12.8 Å². The van der Waals surface area contributed by atoms with E-state index in [1.165, 1.54) is 12.3 Å². The van der Waals surface area contributed by atoms with Gasteiger partial charge in [0.2, 0.25) is 5.91 Å². The molecule has 0 unspecified atom stereocenters. The predicted molar refractivity (Wildman–Crippen MR) is 60.1 cm³/mol. The number of anilines is 1. The minimum absolute atomic E-state index is 0.000353. The molecule has 0 spiro atoms. The fourth-order valence-electron chi connectivity index (χ4n) is 1.79. The lowest BCUT2D eigenvalue weighted by atomic mass is 9.99. The fourth-order valence-corrected chi connectivity index (χ4v) is 1.79. The maximum atomic E-state index is 11.8. The molecule has 2 heterocycles. The summed E-state index contributed by atoms with van der Waals surface area (Å²) in [6.45, 7) is 1.66. The first kappa shape index (κ1) is 10.9. The average Bonchev–Trinajstić information content (AvgIpc) is 2.33. The third-order valence-corrected chi connectivity index (χ3v) is 2.70. The molecule has 3 N–H and O–H groups in total. The van der Waals surface area contributed by atoms with Crippen molar-refractivity contribution in [3.63, 3.8) is 0 Å². The van der Waals surface area contributed by atoms with E-state index in [4.69, 9.17) is 0 Å². The third kappa shape index (κ3) is 2.49. The zero-order chi connectivity index (χ0) is 11.4. The summed E-state index contributed by atoms with van der Waals surface area (Å²) >= 11 is 0. The van der Waals surface area contributed by atoms with Gasteiger partial charge in [0.05, 0.1) is 5.92 Å². The Bertz CT molecular complexity index is 375. The number of aromatic hydroxyl groups is 1. The van der Waals surface area contributed by atoms with E-state index in [0.717, 1.165) is 19.4 Å². The van der Waals surface area contributed by atoms with Gasteiger partial charge in [-0.05, 0) is 31.5 Å². The van der Waals surface area contributed by atoms with Gasteiger partial charge in [0.25, 0.3) is 0 Å². The van der Waals surface area contributed by atoms with E-state index < -0.39 is 0 Å². The molecule has 16 heavy (non-hydrogen) atoms. The molecule has 1 amide bonds. The van der Waals surface area contributed by atoms with Gasteiger partial charge >= 0.3 is 0 Å². The number of amides is 1. The molecule has 0 aliphatic carbocycles. The average molecular weight is 221 g/mol. The third-order valence-electron chi connectivity index (χ3n) is 2.70. The number of aromatic nitrogens is 1. The summed E-state index contributed by atoms with van der Waals surface area (Å²) in [7, 11) is 0. The van der Waals surface area contributed by atoms with Crippen molar-refractivity contribution in [3.8, 4) is 5.75 Å². The van der Waals surface area contributed by atoms with Gasteiger partial charge in [-0.3, -0.25) is 4.79 Å². The molecule has 1 aromatic rings. The molecule has 5 heteroatoms. The second kappa shape index (κ2) is 4.94. The number of hydrogen-bond donors (Lipinski definition) is 3. The van der Waals surface area contributed by atoms with Crippen LogP contribution in [0.2, 0.25) is 0 Å². The Morgan fingerprint density at radius 3 is 3.19 bits per heavy atom. The van der Waals surface area contributed by atoms with Crippen molar-refractivity contribution in [1.29, 1.82) is 0 Å². The van der Waals surface area contributed by atoms with Crippen molar-refractivity contribution in [2.45, 2.75) is 12.8 Å². The quantitative estimate of drug-likeness (QED) is 0.688. The van der Waals surface area contributed by atoms with Crippen molar-refractivity contribution in [1.82, 2.24) is 10.3 Å². The van der Waals surface area contributed by atoms with Crippen LogP contribution in [0, 0.1) is 5.92 Å². The van der Waals surface area contributed by atoms with E-state index in [9.17, 15) is 9.90 Å². The number of carbonyl (C=O) groups is 1. The van der Waals surface area contributed by atoms with Crippen molar-refractivity contribution in [2.75, 3.05) is 18.4 Å². The van der Waals surface area contributed by atoms with Gasteiger partial charge in [0, 0.05) is 12.7 Å². The molecule has 1 aromatic heterocycles. The molecule has 1 aliphatic heterocycles. The number of pyridine rings is 1. The van der Waals surface area contributed by atoms with Crippen LogP contribution in [0.15, 0.2) is 18.3 Å². The van der Waals surface area contributed by atoms with E-state index in [2.05, 4.69) is 15.6 Å². The molecule has 0 bridgehead atoms. The largest absolute Gasteiger partial charge is 0.504 e. The molecule has 0 radical (unpaired) electrons. The van der Waals surface area contributed by atoms with Crippen molar-refractivity contribution < 1.29 is 9.90 Å². The zero-order valence-electron chi connectivity index (χ0n) is 8.94. The van der Waals surface area contributed by atoms with Gasteiger partial charge in [-0.15, -0.1) is 0 Å². The molecule has 5 nitrogen and oxygen atoms in total. The summed E-state index contributed by atoms with van der Waals surface area (Å²) in [5.41, 5.74) is 0. The van der Waals surface area contributed by atoms with Crippen molar-refractivity contribution >= 4 is 11.7 Å². The predicted octanol–water partition coefficient (Wildman–Crippen LogP) is 0.725. The molecule has 2 rings (SSSR count). The van der Waals surface area contributed by atoms with Gasteiger partial charge in [-0.25, -0.2) is 4.98 Å². The number of hydrogen-bond acceptors (Lipinski definition) is 4. The molecular weight excluding hydrogens is 206 g/mol. The highest BCUT2D eigenvalue weighted by Gasteiger charge is 2.21. The molecule has 1 saturated heterocycles. The maximum Gasteiger partial charge on any atom is 0.230 e. The van der Waals surface area contributed by atoms with E-state index >= 15 is 0 Å². The van der Waals surface area contributed by atoms with Gasteiger partial charge in [0.1, 0.15) is 0 Å². The van der Waals surface area contributed by atoms with Crippen LogP contribution in [0.3, 0.4) is 0 Å². The SMILES string of the molecule is O=C(Nc1ncccc1O)[C@H]1CCCNC1. The first-order valence-electron chi connectivity index (χ1n) is 5.43. The lowest BCUT2D eigenvalue weighted by molar-refractivity contribution is -0.120. The Balaban J connectivity index is 1.99. The molecule has 1 atom stereocenters. The number of nitrogens with zero attached hydrogens (tertiary/aromatic N) is 1. The summed E-state index contributed by atoms with van der Waals surface area (Å²) in [4.78, 5) is 15.7. The standard InChI is InChI=1S/C11H15N3O2/c15-9-4-2-6-13-10(9)14-11(16)8-3-1-5-12-7-8/h2,4,6,8,12,15H,1,3,5,7H2,(H,13,14,16)/t8-/m0/s1. The van der Waals surface area contributed by atoms with E-state index in [-0.39, 0.29) is 23.4 Å². The fraction of sp³-hybridized carbons (Fsp3) is 0.455. The zero-order valence-corrected chi connectivity index (χ0v) is 8.94. The minimum Gasteiger partial charge on any atom is -0.504 e. The molecule has 86 valence electrons. The van der Waals surface area contributed by atoms with Crippen LogP contribution in [0.5, 0.6) is 5.75 Å². The number of piperidine rings is 1. The highest BCUT2D eigenvalue weighted by atomic mass is 16.3. The van der Waals surface area contributed by atoms with Crippen LogP contribution < -0.4 is 10.6 Å². The molecule has 0 saturated carbocycles. The molecule has 1 fully saturated rings. The minimum atomic E-state index is -0.0822. The second-order valence-corrected chi connectivity index (χ2v) is 3.90. The first-order chi connectivity index (χ1) is 7.77. The van der Waals surface area contributed by atoms with Gasteiger partial charge in [-0.1, -0.05) is 0 Å². The Labute approximate surface area is 93.9 Å². The number of carbonyl (C=O) groups excluding carboxylic acids is 1. The Morgan fingerprint density at radius 1 is 1.62 bits per heavy atom. The summed E-state index contributed by atoms with van der Waals surface area (Å²) in [5, 5.41) is 15.3. The van der Waals surface area contributed by atoms with E-state index in [0.29, 0.717) is 6.54 Å². The molecule has 0 aromatic carbocycles. The summed E-state index contributed by atoms with van der Waals surface area (Å²) in [5.74, 6) is 0.119. The Morgan fingerprint density at radius 2 is 2.50 bits per heavy atom. The number of nitrogens with one attached hydrogen (secondary N) is 2. The van der Waals surface area contributed by atoms with Crippen LogP contribution >= 0.6 is 0 Å². The van der Waals surface area contributed by atoms with Crippen molar-refractivity contribution in [3.05, 3.63) is 18.3 Å². The van der Waals surface area contributed by atoms with Crippen LogP contribution in [-0.2, 0) is 4.79 Å². The lowest BCUT2D eigenvalue weighted by Gasteiger charge is -2.21. The van der Waals surface area contributed by atoms with Gasteiger partial charge < -0.3 is 15.7 Å². The lowest BCUT2D eigenvalue weighted by Crippen LogP contribution is -2.37. The normalized spacial score (nSPS) is 20.4. The monoisotopic (exact) mass is 221 g/mol.